The Morgan fingerprint density at radius 2 is 1.31 bits per heavy atom. The smallest absolute Gasteiger partial charge is 0.143 e. The highest BCUT2D eigenvalue weighted by Gasteiger charge is 2.23. The van der Waals surface area contributed by atoms with Crippen molar-refractivity contribution in [3.8, 4) is 0 Å². The van der Waals surface area contributed by atoms with Gasteiger partial charge >= 0.3 is 0 Å². The van der Waals surface area contributed by atoms with Crippen LogP contribution in [0, 0.1) is 0 Å². The van der Waals surface area contributed by atoms with E-state index >= 15 is 0 Å². The van der Waals surface area contributed by atoms with Crippen molar-refractivity contribution in [1.29, 1.82) is 0 Å². The molecule has 4 atom stereocenters. The van der Waals surface area contributed by atoms with Crippen molar-refractivity contribution in [2.45, 2.75) is 64.3 Å². The third kappa shape index (κ3) is 7.04. The third-order valence-corrected chi connectivity index (χ3v) is 2.33. The van der Waals surface area contributed by atoms with Gasteiger partial charge < -0.3 is 5.32 Å². The van der Waals surface area contributed by atoms with Crippen molar-refractivity contribution in [1.82, 2.24) is 5.32 Å². The Kier molecular flexibility index (Phi) is 7.72. The maximum absolute atomic E-state index is 13.2. The SMILES string of the molecule is CC(C)NCC(F)C(F)CCC(F)C(C)F. The summed E-state index contributed by atoms with van der Waals surface area (Å²) < 4.78 is 51.5. The van der Waals surface area contributed by atoms with Crippen LogP contribution in [0.5, 0.6) is 0 Å². The molecule has 0 heterocycles. The van der Waals surface area contributed by atoms with Gasteiger partial charge in [0.2, 0.25) is 0 Å². The van der Waals surface area contributed by atoms with Crippen LogP contribution in [0.4, 0.5) is 17.6 Å². The number of hydrogen-bond acceptors (Lipinski definition) is 1. The maximum atomic E-state index is 13.2. The Labute approximate surface area is 94.6 Å². The number of halogens is 4. The van der Waals surface area contributed by atoms with E-state index in [4.69, 9.17) is 0 Å². The molecule has 0 bridgehead atoms. The second kappa shape index (κ2) is 7.87. The predicted molar refractivity (Wildman–Crippen MR) is 57.6 cm³/mol. The van der Waals surface area contributed by atoms with Crippen molar-refractivity contribution in [3.05, 3.63) is 0 Å². The second-order valence-electron chi connectivity index (χ2n) is 4.37. The van der Waals surface area contributed by atoms with Gasteiger partial charge in [-0.25, -0.2) is 17.6 Å². The summed E-state index contributed by atoms with van der Waals surface area (Å²) in [5.41, 5.74) is 0. The first-order valence-corrected chi connectivity index (χ1v) is 5.64. The zero-order valence-electron chi connectivity index (χ0n) is 10.0. The van der Waals surface area contributed by atoms with E-state index in [0.29, 0.717) is 0 Å². The summed E-state index contributed by atoms with van der Waals surface area (Å²) >= 11 is 0. The Morgan fingerprint density at radius 3 is 1.75 bits per heavy atom. The zero-order chi connectivity index (χ0) is 12.7. The average Bonchev–Trinajstić information content (AvgIpc) is 2.21. The van der Waals surface area contributed by atoms with Gasteiger partial charge in [-0.1, -0.05) is 13.8 Å². The number of nitrogens with one attached hydrogen (secondary N) is 1. The fourth-order valence-corrected chi connectivity index (χ4v) is 1.21. The van der Waals surface area contributed by atoms with Crippen LogP contribution in [0.1, 0.15) is 33.6 Å². The van der Waals surface area contributed by atoms with Crippen molar-refractivity contribution in [2.75, 3.05) is 6.54 Å². The van der Waals surface area contributed by atoms with Gasteiger partial charge in [0.15, 0.2) is 0 Å². The summed E-state index contributed by atoms with van der Waals surface area (Å²) in [6.45, 7) is 4.62. The molecule has 0 saturated heterocycles. The van der Waals surface area contributed by atoms with Gasteiger partial charge in [0.25, 0.3) is 0 Å². The van der Waals surface area contributed by atoms with E-state index in [0.717, 1.165) is 6.92 Å². The minimum absolute atomic E-state index is 0.0743. The minimum Gasteiger partial charge on any atom is -0.312 e. The van der Waals surface area contributed by atoms with Gasteiger partial charge in [-0.15, -0.1) is 0 Å². The van der Waals surface area contributed by atoms with E-state index in [-0.39, 0.29) is 25.4 Å². The lowest BCUT2D eigenvalue weighted by atomic mass is 10.1. The Morgan fingerprint density at radius 1 is 0.812 bits per heavy atom. The lowest BCUT2D eigenvalue weighted by molar-refractivity contribution is 0.119. The van der Waals surface area contributed by atoms with E-state index in [1.54, 1.807) is 0 Å². The van der Waals surface area contributed by atoms with Crippen molar-refractivity contribution < 1.29 is 17.6 Å². The van der Waals surface area contributed by atoms with Gasteiger partial charge in [0.05, 0.1) is 0 Å². The molecule has 0 aromatic carbocycles. The highest BCUT2D eigenvalue weighted by atomic mass is 19.2. The van der Waals surface area contributed by atoms with Gasteiger partial charge in [0.1, 0.15) is 24.7 Å². The molecule has 4 unspecified atom stereocenters. The summed E-state index contributed by atoms with van der Waals surface area (Å²) in [7, 11) is 0. The average molecular weight is 243 g/mol. The number of rotatable bonds is 8. The molecular weight excluding hydrogens is 222 g/mol. The monoisotopic (exact) mass is 243 g/mol. The van der Waals surface area contributed by atoms with Crippen LogP contribution in [0.25, 0.3) is 0 Å². The van der Waals surface area contributed by atoms with Crippen LogP contribution in [0.3, 0.4) is 0 Å². The molecular formula is C11H21F4N. The fraction of sp³-hybridized carbons (Fsp3) is 1.00. The van der Waals surface area contributed by atoms with Crippen LogP contribution in [0.2, 0.25) is 0 Å². The highest BCUT2D eigenvalue weighted by molar-refractivity contribution is 4.74. The predicted octanol–water partition coefficient (Wildman–Crippen LogP) is 3.14. The lowest BCUT2D eigenvalue weighted by Crippen LogP contribution is -2.35. The molecule has 98 valence electrons. The Hall–Kier alpha value is -0.320. The molecule has 1 nitrogen and oxygen atoms in total. The lowest BCUT2D eigenvalue weighted by Gasteiger charge is -2.17. The largest absolute Gasteiger partial charge is 0.312 e. The molecule has 16 heavy (non-hydrogen) atoms. The quantitative estimate of drug-likeness (QED) is 0.646. The molecule has 5 heteroatoms. The van der Waals surface area contributed by atoms with Crippen LogP contribution in [0.15, 0.2) is 0 Å². The molecule has 0 amide bonds. The van der Waals surface area contributed by atoms with Crippen molar-refractivity contribution in [2.24, 2.45) is 0 Å². The van der Waals surface area contributed by atoms with Gasteiger partial charge in [-0.2, -0.15) is 0 Å². The van der Waals surface area contributed by atoms with Gasteiger partial charge in [0, 0.05) is 12.6 Å². The van der Waals surface area contributed by atoms with Crippen LogP contribution < -0.4 is 5.32 Å². The van der Waals surface area contributed by atoms with Gasteiger partial charge in [-0.3, -0.25) is 0 Å². The molecule has 0 aromatic rings. The van der Waals surface area contributed by atoms with Crippen LogP contribution in [-0.2, 0) is 0 Å². The molecule has 0 fully saturated rings. The minimum atomic E-state index is -1.73. The standard InChI is InChI=1S/C11H21F4N/c1-7(2)16-6-11(15)10(14)5-4-9(13)8(3)12/h7-11,16H,4-6H2,1-3H3. The van der Waals surface area contributed by atoms with Gasteiger partial charge in [-0.05, 0) is 19.8 Å². The molecule has 0 spiro atoms. The normalized spacial score (nSPS) is 19.5. The molecule has 0 aliphatic rings. The third-order valence-electron chi connectivity index (χ3n) is 2.33. The molecule has 0 aromatic heterocycles. The summed E-state index contributed by atoms with van der Waals surface area (Å²) in [5.74, 6) is 0. The summed E-state index contributed by atoms with van der Waals surface area (Å²) in [6.07, 6.45) is -7.28. The molecule has 0 saturated carbocycles. The van der Waals surface area contributed by atoms with E-state index in [1.165, 1.54) is 0 Å². The molecule has 0 aliphatic carbocycles. The maximum Gasteiger partial charge on any atom is 0.143 e. The Balaban J connectivity index is 3.74. The topological polar surface area (TPSA) is 12.0 Å². The first kappa shape index (κ1) is 15.7. The Bertz CT molecular complexity index is 175. The van der Waals surface area contributed by atoms with Crippen LogP contribution in [-0.4, -0.2) is 37.3 Å². The number of alkyl halides is 4. The molecule has 0 aliphatic heterocycles. The first-order chi connectivity index (χ1) is 7.34. The molecule has 0 radical (unpaired) electrons. The molecule has 0 rings (SSSR count). The summed E-state index contributed by atoms with van der Waals surface area (Å²) in [4.78, 5) is 0. The van der Waals surface area contributed by atoms with E-state index in [1.807, 2.05) is 13.8 Å². The van der Waals surface area contributed by atoms with E-state index < -0.39 is 24.7 Å². The second-order valence-corrected chi connectivity index (χ2v) is 4.37. The van der Waals surface area contributed by atoms with E-state index in [9.17, 15) is 17.6 Å². The van der Waals surface area contributed by atoms with Crippen molar-refractivity contribution >= 4 is 0 Å². The highest BCUT2D eigenvalue weighted by Crippen LogP contribution is 2.16. The fourth-order valence-electron chi connectivity index (χ4n) is 1.21. The first-order valence-electron chi connectivity index (χ1n) is 5.64. The van der Waals surface area contributed by atoms with Crippen LogP contribution >= 0.6 is 0 Å². The summed E-state index contributed by atoms with van der Waals surface area (Å²) in [5, 5.41) is 2.75. The summed E-state index contributed by atoms with van der Waals surface area (Å²) in [6, 6.07) is 0.0743. The van der Waals surface area contributed by atoms with E-state index in [2.05, 4.69) is 5.32 Å². The zero-order valence-corrected chi connectivity index (χ0v) is 10.0. The molecule has 1 N–H and O–H groups in total. The van der Waals surface area contributed by atoms with Crippen molar-refractivity contribution in [3.63, 3.8) is 0 Å². The number of hydrogen-bond donors (Lipinski definition) is 1.